The Labute approximate surface area is 330 Å². The Morgan fingerprint density at radius 1 is 0.909 bits per heavy atom. The number of ether oxygens (including phenoxy) is 1. The highest BCUT2D eigenvalue weighted by Crippen LogP contribution is 2.77. The maximum Gasteiger partial charge on any atom is 0.309 e. The molecule has 7 rings (SSSR count). The summed E-state index contributed by atoms with van der Waals surface area (Å²) >= 11 is 0. The lowest BCUT2D eigenvalue weighted by atomic mass is 9.33. The number of carbonyl (C=O) groups excluding carboxylic acids is 3. The molecule has 6 aliphatic carbocycles. The highest BCUT2D eigenvalue weighted by molar-refractivity contribution is 6.01. The quantitative estimate of drug-likeness (QED) is 0.189. The molecule has 6 nitrogen and oxygen atoms in total. The van der Waals surface area contributed by atoms with Crippen molar-refractivity contribution in [1.82, 2.24) is 0 Å². The number of benzene rings is 1. The predicted molar refractivity (Wildman–Crippen MR) is 216 cm³/mol. The van der Waals surface area contributed by atoms with Gasteiger partial charge in [0.1, 0.15) is 6.10 Å². The van der Waals surface area contributed by atoms with E-state index in [4.69, 9.17) is 4.74 Å². The normalized spacial score (nSPS) is 37.5. The monoisotopic (exact) mass is 753 g/mol. The lowest BCUT2D eigenvalue weighted by molar-refractivity contribution is -0.232. The van der Waals surface area contributed by atoms with Gasteiger partial charge in [0, 0.05) is 29.1 Å². The van der Waals surface area contributed by atoms with E-state index in [2.05, 4.69) is 85.7 Å². The molecular weight excluding hydrogens is 685 g/mol. The first-order valence-electron chi connectivity index (χ1n) is 21.6. The molecule has 0 unspecified atom stereocenters. The van der Waals surface area contributed by atoms with Crippen LogP contribution in [0.25, 0.3) is 0 Å². The largest absolute Gasteiger partial charge is 0.481 e. The summed E-state index contributed by atoms with van der Waals surface area (Å²) in [5.74, 6) is 0.394. The molecule has 1 aromatic rings. The van der Waals surface area contributed by atoms with Crippen LogP contribution in [0.4, 0.5) is 0 Å². The van der Waals surface area contributed by atoms with Gasteiger partial charge in [-0.1, -0.05) is 84.4 Å². The van der Waals surface area contributed by atoms with Gasteiger partial charge in [-0.2, -0.15) is 0 Å². The van der Waals surface area contributed by atoms with Crippen molar-refractivity contribution in [3.63, 3.8) is 0 Å². The smallest absolute Gasteiger partial charge is 0.309 e. The molecule has 6 heteroatoms. The molecule has 55 heavy (non-hydrogen) atoms. The minimum Gasteiger partial charge on any atom is -0.481 e. The highest BCUT2D eigenvalue weighted by atomic mass is 16.5. The van der Waals surface area contributed by atoms with Crippen LogP contribution in [0.15, 0.2) is 47.6 Å². The Morgan fingerprint density at radius 2 is 1.62 bits per heavy atom. The third-order valence-corrected chi connectivity index (χ3v) is 17.4. The summed E-state index contributed by atoms with van der Waals surface area (Å²) < 4.78 is 6.18. The van der Waals surface area contributed by atoms with Crippen LogP contribution in [0.2, 0.25) is 0 Å². The van der Waals surface area contributed by atoms with E-state index in [0.29, 0.717) is 30.6 Å². The van der Waals surface area contributed by atoms with Crippen LogP contribution in [0.3, 0.4) is 0 Å². The first-order chi connectivity index (χ1) is 25.6. The van der Waals surface area contributed by atoms with Gasteiger partial charge in [-0.05, 0) is 148 Å². The van der Waals surface area contributed by atoms with Crippen molar-refractivity contribution in [3.8, 4) is 0 Å². The van der Waals surface area contributed by atoms with Gasteiger partial charge < -0.3 is 9.84 Å². The number of hydrogen-bond acceptors (Lipinski definition) is 5. The second-order valence-corrected chi connectivity index (χ2v) is 21.7. The minimum atomic E-state index is -1.16. The molecule has 0 bridgehead atoms. The van der Waals surface area contributed by atoms with Crippen molar-refractivity contribution >= 4 is 23.5 Å². The zero-order valence-corrected chi connectivity index (χ0v) is 35.5. The third-order valence-electron chi connectivity index (χ3n) is 17.4. The van der Waals surface area contributed by atoms with E-state index >= 15 is 0 Å². The summed E-state index contributed by atoms with van der Waals surface area (Å²) in [6, 6.07) is 8.65. The average Bonchev–Trinajstić information content (AvgIpc) is 3.80. The summed E-state index contributed by atoms with van der Waals surface area (Å²) in [5.41, 5.74) is 3.28. The number of hydrogen-bond donors (Lipinski definition) is 1. The van der Waals surface area contributed by atoms with E-state index in [1.807, 2.05) is 6.08 Å². The Balaban J connectivity index is 1.15. The van der Waals surface area contributed by atoms with Crippen molar-refractivity contribution in [2.75, 3.05) is 0 Å². The number of esters is 1. The molecule has 0 aromatic heterocycles. The Hall–Kier alpha value is -3.02. The fourth-order valence-corrected chi connectivity index (χ4v) is 14.0. The fraction of sp³-hybridized carbons (Fsp3) is 0.714. The van der Waals surface area contributed by atoms with Crippen LogP contribution in [0.5, 0.6) is 0 Å². The molecule has 0 heterocycles. The second-order valence-electron chi connectivity index (χ2n) is 21.7. The van der Waals surface area contributed by atoms with Crippen LogP contribution in [0, 0.1) is 63.1 Å². The van der Waals surface area contributed by atoms with Gasteiger partial charge in [-0.25, -0.2) is 0 Å². The van der Waals surface area contributed by atoms with Gasteiger partial charge in [-0.15, -0.1) is 0 Å². The maximum atomic E-state index is 14.1. The number of aliphatic carboxylic acids is 1. The van der Waals surface area contributed by atoms with Crippen LogP contribution in [-0.4, -0.2) is 34.7 Å². The number of aryl methyl sites for hydroxylation is 1. The Kier molecular flexibility index (Phi) is 9.69. The van der Waals surface area contributed by atoms with Crippen LogP contribution in [0.1, 0.15) is 157 Å². The van der Waals surface area contributed by atoms with E-state index in [9.17, 15) is 24.3 Å². The number of carbonyl (C=O) groups is 4. The van der Waals surface area contributed by atoms with E-state index in [1.165, 1.54) is 16.7 Å². The van der Waals surface area contributed by atoms with Crippen molar-refractivity contribution in [1.29, 1.82) is 0 Å². The number of fused-ring (bicyclic) bond motifs is 7. The predicted octanol–water partition coefficient (Wildman–Crippen LogP) is 10.9. The molecule has 0 saturated heterocycles. The third kappa shape index (κ3) is 6.24. The molecular formula is C49H68O6. The molecule has 300 valence electrons. The van der Waals surface area contributed by atoms with E-state index in [-0.39, 0.29) is 62.5 Å². The minimum absolute atomic E-state index is 0.0183. The van der Waals surface area contributed by atoms with Gasteiger partial charge >= 0.3 is 11.9 Å². The number of rotatable bonds is 10. The number of carboxylic acid groups (broad SMARTS) is 1. The molecule has 1 N–H and O–H groups in total. The van der Waals surface area contributed by atoms with Crippen molar-refractivity contribution < 1.29 is 29.0 Å². The topological polar surface area (TPSA) is 97.7 Å². The molecule has 0 radical (unpaired) electrons. The lowest BCUT2D eigenvalue weighted by Gasteiger charge is -2.72. The van der Waals surface area contributed by atoms with Gasteiger partial charge in [0.15, 0.2) is 11.6 Å². The molecule has 6 aliphatic rings. The number of carboxylic acids is 1. The summed E-state index contributed by atoms with van der Waals surface area (Å²) in [7, 11) is 0. The molecule has 0 spiro atoms. The van der Waals surface area contributed by atoms with Gasteiger partial charge in [0.05, 0.1) is 11.8 Å². The molecule has 0 amide bonds. The lowest BCUT2D eigenvalue weighted by Crippen LogP contribution is -2.65. The Bertz CT molecular complexity index is 1840. The average molecular weight is 753 g/mol. The summed E-state index contributed by atoms with van der Waals surface area (Å²) in [4.78, 5) is 52.8. The highest BCUT2D eigenvalue weighted by Gasteiger charge is 2.70. The number of ketones is 2. The van der Waals surface area contributed by atoms with Crippen molar-refractivity contribution in [3.05, 3.63) is 58.7 Å². The Morgan fingerprint density at radius 3 is 2.25 bits per heavy atom. The fourth-order valence-electron chi connectivity index (χ4n) is 14.0. The molecule has 1 aromatic carbocycles. The van der Waals surface area contributed by atoms with E-state index in [0.717, 1.165) is 69.8 Å². The summed E-state index contributed by atoms with van der Waals surface area (Å²) in [6.45, 7) is 21.9. The first kappa shape index (κ1) is 40.2. The van der Waals surface area contributed by atoms with Crippen LogP contribution < -0.4 is 0 Å². The van der Waals surface area contributed by atoms with E-state index in [1.54, 1.807) is 13.8 Å². The molecule has 5 fully saturated rings. The summed E-state index contributed by atoms with van der Waals surface area (Å²) in [5, 5.41) is 9.63. The van der Waals surface area contributed by atoms with Crippen molar-refractivity contribution in [2.45, 2.75) is 164 Å². The number of Topliss-reactive ketones (excluding diaryl/α,β-unsaturated/α-hetero) is 1. The van der Waals surface area contributed by atoms with E-state index < -0.39 is 17.4 Å². The molecule has 5 saturated carbocycles. The summed E-state index contributed by atoms with van der Waals surface area (Å²) in [6.07, 6.45) is 14.9. The second kappa shape index (κ2) is 13.3. The molecule has 0 aliphatic heterocycles. The zero-order chi connectivity index (χ0) is 40.1. The zero-order valence-electron chi connectivity index (χ0n) is 35.5. The first-order valence-corrected chi connectivity index (χ1v) is 21.6. The van der Waals surface area contributed by atoms with Gasteiger partial charge in [0.25, 0.3) is 0 Å². The maximum absolute atomic E-state index is 14.1. The molecule has 8 atom stereocenters. The van der Waals surface area contributed by atoms with Crippen LogP contribution in [-0.2, 0) is 29.3 Å². The standard InChI is InChI=1S/C49H68O6/c1-30(2)40-35(51)28-49(21-16-33(50)27-48(24-25-48)32-13-11-12-31(3)26-32)23-22-46(9)34(41(40)49)14-15-37-45(8)19-18-38(55-39(52)29-43(4,5)42(53)54)44(6,7)36(45)17-20-47(37,46)10/h11-13,16,21,26,30,34,36-38H,14-15,17-20,22-25,27-29H2,1-10H3,(H,53,54)/b21-16+/t34-,36+,37-,38+,45+,46-,47-,49+/m1/s1. The van der Waals surface area contributed by atoms with Crippen molar-refractivity contribution in [2.24, 2.45) is 56.2 Å². The van der Waals surface area contributed by atoms with Gasteiger partial charge in [0.2, 0.25) is 0 Å². The SMILES string of the molecule is Cc1cccc(C2(CC(=O)/C=C/[C@@]34CC[C@]5(C)[C@H](CC[C@@H]6[C@@]7(C)CC[C@H](OC(=O)CC(C)(C)C(=O)O)C(C)(C)[C@@H]7CC[C@]65C)C3=C(C(C)C)C(=O)C4)CC2)c1. The number of allylic oxidation sites excluding steroid dienone is 4. The van der Waals surface area contributed by atoms with Gasteiger partial charge in [-0.3, -0.25) is 19.2 Å². The van der Waals surface area contributed by atoms with Crippen LogP contribution >= 0.6 is 0 Å².